The number of nitrogens with one attached hydrogen (secondary N) is 1. The third-order valence-corrected chi connectivity index (χ3v) is 5.40. The third kappa shape index (κ3) is 4.83. The first-order chi connectivity index (χ1) is 16.7. The van der Waals surface area contributed by atoms with Crippen molar-refractivity contribution >= 4 is 11.2 Å². The molecule has 0 amide bonds. The van der Waals surface area contributed by atoms with Crippen molar-refractivity contribution in [1.82, 2.24) is 19.1 Å². The molecule has 0 aliphatic rings. The number of fused-ring (bicyclic) bond motifs is 1. The van der Waals surface area contributed by atoms with Crippen LogP contribution in [0.15, 0.2) is 52.1 Å². The number of H-pyrrole nitrogens is 1. The summed E-state index contributed by atoms with van der Waals surface area (Å²) in [6.07, 6.45) is -4.07. The second-order valence-corrected chi connectivity index (χ2v) is 7.82. The van der Waals surface area contributed by atoms with Crippen LogP contribution < -0.4 is 16.0 Å². The molecule has 2 heterocycles. The van der Waals surface area contributed by atoms with Gasteiger partial charge < -0.3 is 14.4 Å². The van der Waals surface area contributed by atoms with Crippen LogP contribution in [0.3, 0.4) is 0 Å². The normalized spacial score (nSPS) is 12.4. The number of aliphatic hydroxyl groups excluding tert-OH is 1. The van der Waals surface area contributed by atoms with E-state index >= 15 is 0 Å². The highest BCUT2D eigenvalue weighted by Gasteiger charge is 2.20. The van der Waals surface area contributed by atoms with Crippen molar-refractivity contribution in [1.29, 1.82) is 0 Å². The lowest BCUT2D eigenvalue weighted by Crippen LogP contribution is -2.34. The molecule has 0 fully saturated rings. The number of alkyl halides is 3. The Bertz CT molecular complexity index is 1480. The zero-order valence-electron chi connectivity index (χ0n) is 18.3. The maximum Gasteiger partial charge on any atom is 0.330 e. The van der Waals surface area contributed by atoms with Crippen molar-refractivity contribution in [3.63, 3.8) is 0 Å². The smallest absolute Gasteiger partial charge is 0.330 e. The Balaban J connectivity index is 1.64. The minimum Gasteiger partial charge on any atom is -0.486 e. The molecule has 35 heavy (non-hydrogen) atoms. The Morgan fingerprint density at radius 2 is 1.86 bits per heavy atom. The standard InChI is InChI=1S/C23H20F4N4O4/c1-30-18-21(31(10-15(32)9-24)23(34)29-22(18)33)28-20(30)14-6-7-17(16(25)8-14)35-11-12-2-4-13(5-3-12)19(26)27/h2-8,15,19,32H,9-11H2,1H3,(H,29,33,34). The molecule has 0 bridgehead atoms. The average molecular weight is 492 g/mol. The Hall–Kier alpha value is -3.93. The molecule has 2 aromatic carbocycles. The first-order valence-electron chi connectivity index (χ1n) is 10.4. The molecular formula is C23H20F4N4O4. The van der Waals surface area contributed by atoms with Gasteiger partial charge in [-0.25, -0.2) is 27.3 Å². The second-order valence-electron chi connectivity index (χ2n) is 7.82. The fourth-order valence-corrected chi connectivity index (χ4v) is 3.61. The molecule has 4 aromatic rings. The van der Waals surface area contributed by atoms with Gasteiger partial charge in [-0.15, -0.1) is 0 Å². The first kappa shape index (κ1) is 24.2. The van der Waals surface area contributed by atoms with E-state index in [0.717, 1.165) is 10.6 Å². The SMILES string of the molecule is Cn1c(-c2ccc(OCc3ccc(C(F)F)cc3)c(F)c2)nc2c1c(=O)[nH]c(=O)n2CC(O)CF. The van der Waals surface area contributed by atoms with Gasteiger partial charge in [0.1, 0.15) is 25.2 Å². The summed E-state index contributed by atoms with van der Waals surface area (Å²) in [5, 5.41) is 9.64. The van der Waals surface area contributed by atoms with Crippen molar-refractivity contribution < 1.29 is 27.4 Å². The molecule has 4 rings (SSSR count). The molecule has 184 valence electrons. The molecule has 2 N–H and O–H groups in total. The van der Waals surface area contributed by atoms with E-state index in [1.165, 1.54) is 48.0 Å². The number of halogens is 4. The fraction of sp³-hybridized carbons (Fsp3) is 0.261. The average Bonchev–Trinajstić information content (AvgIpc) is 3.18. The van der Waals surface area contributed by atoms with Crippen LogP contribution in [0.25, 0.3) is 22.6 Å². The lowest BCUT2D eigenvalue weighted by Gasteiger charge is -2.09. The summed E-state index contributed by atoms with van der Waals surface area (Å²) < 4.78 is 60.6. The molecule has 0 radical (unpaired) electrons. The van der Waals surface area contributed by atoms with Crippen LogP contribution in [0, 0.1) is 5.82 Å². The van der Waals surface area contributed by atoms with E-state index in [4.69, 9.17) is 4.74 Å². The number of nitrogens with zero attached hydrogens (tertiary/aromatic N) is 3. The zero-order valence-corrected chi connectivity index (χ0v) is 18.3. The van der Waals surface area contributed by atoms with Crippen LogP contribution in [0.5, 0.6) is 5.75 Å². The second kappa shape index (κ2) is 9.74. The van der Waals surface area contributed by atoms with Gasteiger partial charge in [0.15, 0.2) is 22.7 Å². The number of hydrogen-bond donors (Lipinski definition) is 2. The summed E-state index contributed by atoms with van der Waals surface area (Å²) >= 11 is 0. The lowest BCUT2D eigenvalue weighted by molar-refractivity contribution is 0.121. The molecule has 0 aliphatic heterocycles. The minimum absolute atomic E-state index is 0.0152. The molecule has 1 atom stereocenters. The minimum atomic E-state index is -2.59. The molecule has 12 heteroatoms. The van der Waals surface area contributed by atoms with Crippen LogP contribution in [0.1, 0.15) is 17.6 Å². The van der Waals surface area contributed by atoms with Crippen molar-refractivity contribution in [3.8, 4) is 17.1 Å². The lowest BCUT2D eigenvalue weighted by atomic mass is 10.1. The summed E-state index contributed by atoms with van der Waals surface area (Å²) in [5.41, 5.74) is -1.00. The summed E-state index contributed by atoms with van der Waals surface area (Å²) in [6.45, 7) is -1.58. The van der Waals surface area contributed by atoms with Crippen molar-refractivity contribution in [2.24, 2.45) is 7.05 Å². The maximum atomic E-state index is 14.8. The monoisotopic (exact) mass is 492 g/mol. The highest BCUT2D eigenvalue weighted by atomic mass is 19.3. The fourth-order valence-electron chi connectivity index (χ4n) is 3.61. The third-order valence-electron chi connectivity index (χ3n) is 5.40. The largest absolute Gasteiger partial charge is 0.486 e. The van der Waals surface area contributed by atoms with Crippen molar-refractivity contribution in [2.75, 3.05) is 6.67 Å². The Morgan fingerprint density at radius 1 is 1.14 bits per heavy atom. The van der Waals surface area contributed by atoms with Crippen molar-refractivity contribution in [3.05, 3.63) is 80.2 Å². The number of hydrogen-bond acceptors (Lipinski definition) is 5. The maximum absolute atomic E-state index is 14.8. The van der Waals surface area contributed by atoms with Gasteiger partial charge in [-0.1, -0.05) is 24.3 Å². The number of ether oxygens (including phenoxy) is 1. The number of imidazole rings is 1. The van der Waals surface area contributed by atoms with Gasteiger partial charge in [-0.2, -0.15) is 0 Å². The van der Waals surface area contributed by atoms with Crippen LogP contribution in [-0.4, -0.2) is 37.0 Å². The Labute approximate surface area is 195 Å². The quantitative estimate of drug-likeness (QED) is 0.368. The van der Waals surface area contributed by atoms with Gasteiger partial charge in [0, 0.05) is 18.2 Å². The van der Waals surface area contributed by atoms with Crippen LogP contribution in [0.2, 0.25) is 0 Å². The summed E-state index contributed by atoms with van der Waals surface area (Å²) in [7, 11) is 1.49. The Morgan fingerprint density at radius 3 is 2.49 bits per heavy atom. The van der Waals surface area contributed by atoms with E-state index < -0.39 is 42.8 Å². The number of benzene rings is 2. The van der Waals surface area contributed by atoms with E-state index in [-0.39, 0.29) is 40.5 Å². The van der Waals surface area contributed by atoms with Crippen LogP contribution in [-0.2, 0) is 20.2 Å². The molecular weight excluding hydrogens is 472 g/mol. The molecule has 1 unspecified atom stereocenters. The molecule has 0 saturated carbocycles. The predicted octanol–water partition coefficient (Wildman–Crippen LogP) is 3.08. The van der Waals surface area contributed by atoms with Gasteiger partial charge in [-0.3, -0.25) is 14.3 Å². The summed E-state index contributed by atoms with van der Waals surface area (Å²) in [5.74, 6) is -0.684. The van der Waals surface area contributed by atoms with Crippen LogP contribution >= 0.6 is 0 Å². The van der Waals surface area contributed by atoms with E-state index in [1.807, 2.05) is 0 Å². The molecule has 8 nitrogen and oxygen atoms in total. The highest BCUT2D eigenvalue weighted by Crippen LogP contribution is 2.27. The first-order valence-corrected chi connectivity index (χ1v) is 10.4. The van der Waals surface area contributed by atoms with E-state index in [1.54, 1.807) is 0 Å². The number of rotatable bonds is 8. The summed E-state index contributed by atoms with van der Waals surface area (Å²) in [4.78, 5) is 31.0. The number of aryl methyl sites for hydroxylation is 1. The molecule has 0 saturated heterocycles. The number of aromatic amines is 1. The Kier molecular flexibility index (Phi) is 6.74. The summed E-state index contributed by atoms with van der Waals surface area (Å²) in [6, 6.07) is 9.43. The number of aliphatic hydroxyl groups is 1. The van der Waals surface area contributed by atoms with Crippen LogP contribution in [0.4, 0.5) is 17.6 Å². The molecule has 2 aromatic heterocycles. The van der Waals surface area contributed by atoms with Gasteiger partial charge in [-0.05, 0) is 23.8 Å². The van der Waals surface area contributed by atoms with Gasteiger partial charge in [0.25, 0.3) is 12.0 Å². The van der Waals surface area contributed by atoms with Gasteiger partial charge in [0.05, 0.1) is 6.54 Å². The topological polar surface area (TPSA) is 102 Å². The molecule has 0 aliphatic carbocycles. The van der Waals surface area contributed by atoms with E-state index in [0.29, 0.717) is 5.56 Å². The van der Waals surface area contributed by atoms with Gasteiger partial charge in [0.2, 0.25) is 0 Å². The van der Waals surface area contributed by atoms with Crippen molar-refractivity contribution in [2.45, 2.75) is 25.7 Å². The number of aromatic nitrogens is 4. The predicted molar refractivity (Wildman–Crippen MR) is 119 cm³/mol. The van der Waals surface area contributed by atoms with Gasteiger partial charge >= 0.3 is 5.69 Å². The zero-order chi connectivity index (χ0) is 25.3. The highest BCUT2D eigenvalue weighted by molar-refractivity contribution is 5.77. The molecule has 0 spiro atoms. The van der Waals surface area contributed by atoms with E-state index in [9.17, 15) is 32.3 Å². The van der Waals surface area contributed by atoms with E-state index in [2.05, 4.69) is 9.97 Å².